The number of aliphatic carboxylic acids is 1. The normalized spacial score (nSPS) is 13.4. The molecule has 1 atom stereocenters. The van der Waals surface area contributed by atoms with Gasteiger partial charge in [-0.05, 0) is 38.5 Å². The second-order valence-electron chi connectivity index (χ2n) is 11.2. The van der Waals surface area contributed by atoms with Crippen LogP contribution < -0.4 is 0 Å². The van der Waals surface area contributed by atoms with Crippen LogP contribution in [-0.4, -0.2) is 40.9 Å². The summed E-state index contributed by atoms with van der Waals surface area (Å²) in [5.41, 5.74) is -2.60. The Hall–Kier alpha value is -1.15. The Morgan fingerprint density at radius 1 is 0.658 bits per heavy atom. The molecule has 0 aromatic carbocycles. The van der Waals surface area contributed by atoms with Gasteiger partial charge in [0.25, 0.3) is 10.1 Å². The van der Waals surface area contributed by atoms with Crippen LogP contribution in [0.4, 0.5) is 0 Å². The van der Waals surface area contributed by atoms with Gasteiger partial charge in [-0.25, -0.2) is 0 Å². The summed E-state index contributed by atoms with van der Waals surface area (Å²) in [5.74, 6) is -2.46. The van der Waals surface area contributed by atoms with Crippen molar-refractivity contribution >= 4 is 22.1 Å². The summed E-state index contributed by atoms with van der Waals surface area (Å²) in [6, 6.07) is 0. The van der Waals surface area contributed by atoms with Gasteiger partial charge in [-0.1, -0.05) is 125 Å². The number of esters is 1. The van der Waals surface area contributed by atoms with E-state index < -0.39 is 38.3 Å². The molecule has 0 aromatic rings. The van der Waals surface area contributed by atoms with Crippen LogP contribution in [0.3, 0.4) is 0 Å². The van der Waals surface area contributed by atoms with Crippen LogP contribution in [0.1, 0.15) is 163 Å². The molecule has 0 bridgehead atoms. The molecule has 0 radical (unpaired) electrons. The molecule has 0 aliphatic carbocycles. The molecule has 226 valence electrons. The Morgan fingerprint density at radius 3 is 1.39 bits per heavy atom. The molecule has 1 unspecified atom stereocenters. The van der Waals surface area contributed by atoms with Gasteiger partial charge in [0, 0.05) is 0 Å². The number of hydrogen-bond acceptors (Lipinski definition) is 5. The van der Waals surface area contributed by atoms with E-state index in [1.54, 1.807) is 0 Å². The zero-order valence-electron chi connectivity index (χ0n) is 25.1. The van der Waals surface area contributed by atoms with Gasteiger partial charge < -0.3 is 9.84 Å². The van der Waals surface area contributed by atoms with Gasteiger partial charge in [0.05, 0.1) is 5.41 Å². The molecule has 0 amide bonds. The first-order valence-corrected chi connectivity index (χ1v) is 16.9. The lowest BCUT2D eigenvalue weighted by Crippen LogP contribution is -2.53. The maximum atomic E-state index is 14.1. The first-order chi connectivity index (χ1) is 18.0. The predicted molar refractivity (Wildman–Crippen MR) is 155 cm³/mol. The lowest BCUT2D eigenvalue weighted by molar-refractivity contribution is -0.178. The maximum Gasteiger partial charge on any atom is 0.325 e. The van der Waals surface area contributed by atoms with E-state index >= 15 is 0 Å². The molecule has 0 saturated heterocycles. The fourth-order valence-corrected chi connectivity index (χ4v) is 6.74. The lowest BCUT2D eigenvalue weighted by atomic mass is 9.74. The first kappa shape index (κ1) is 36.8. The zero-order chi connectivity index (χ0) is 29.1. The van der Waals surface area contributed by atoms with Crippen molar-refractivity contribution in [1.29, 1.82) is 0 Å². The van der Waals surface area contributed by atoms with E-state index in [2.05, 4.69) is 20.8 Å². The number of ether oxygens (including phenoxy) is 1. The Labute approximate surface area is 233 Å². The topological polar surface area (TPSA) is 118 Å². The second-order valence-corrected chi connectivity index (χ2v) is 12.7. The minimum atomic E-state index is -5.06. The molecule has 0 saturated carbocycles. The number of carbonyl (C=O) groups excluding carboxylic acids is 1. The fourth-order valence-electron chi connectivity index (χ4n) is 5.58. The molecule has 0 aliphatic heterocycles. The van der Waals surface area contributed by atoms with Gasteiger partial charge in [0.2, 0.25) is 0 Å². The number of carbonyl (C=O) groups is 2. The molecule has 0 spiro atoms. The molecular weight excluding hydrogens is 504 g/mol. The van der Waals surface area contributed by atoms with Crippen LogP contribution in [0.5, 0.6) is 0 Å². The van der Waals surface area contributed by atoms with Gasteiger partial charge in [-0.2, -0.15) is 8.42 Å². The van der Waals surface area contributed by atoms with Gasteiger partial charge in [0.15, 0.2) is 5.25 Å². The van der Waals surface area contributed by atoms with Crippen molar-refractivity contribution in [3.8, 4) is 0 Å². The number of carboxylic acids is 1. The van der Waals surface area contributed by atoms with Crippen molar-refractivity contribution < 1.29 is 32.4 Å². The van der Waals surface area contributed by atoms with Gasteiger partial charge in [-0.3, -0.25) is 14.1 Å². The third-order valence-electron chi connectivity index (χ3n) is 8.22. The van der Waals surface area contributed by atoms with E-state index in [0.717, 1.165) is 83.5 Å². The highest BCUT2D eigenvalue weighted by Crippen LogP contribution is 2.43. The zero-order valence-corrected chi connectivity index (χ0v) is 25.9. The summed E-state index contributed by atoms with van der Waals surface area (Å²) in [5, 5.41) is 7.84. The summed E-state index contributed by atoms with van der Waals surface area (Å²) in [6.07, 6.45) is 15.7. The van der Waals surface area contributed by atoms with Crippen molar-refractivity contribution in [3.05, 3.63) is 0 Å². The summed E-state index contributed by atoms with van der Waals surface area (Å²) < 4.78 is 41.4. The number of unbranched alkanes of at least 4 members (excludes halogenated alkanes) is 12. The van der Waals surface area contributed by atoms with Crippen molar-refractivity contribution in [2.75, 3.05) is 0 Å². The molecule has 0 aromatic heterocycles. The molecular formula is C30H58O7S. The molecule has 2 N–H and O–H groups in total. The van der Waals surface area contributed by atoms with Crippen LogP contribution in [-0.2, 0) is 24.4 Å². The first-order valence-electron chi connectivity index (χ1n) is 15.4. The summed E-state index contributed by atoms with van der Waals surface area (Å²) in [7, 11) is -5.06. The summed E-state index contributed by atoms with van der Waals surface area (Å²) in [6.45, 7) is 10.2. The Kier molecular flexibility index (Phi) is 19.2. The van der Waals surface area contributed by atoms with Crippen LogP contribution in [0, 0.1) is 5.41 Å². The summed E-state index contributed by atoms with van der Waals surface area (Å²) >= 11 is 0. The number of rotatable bonds is 25. The van der Waals surface area contributed by atoms with Gasteiger partial charge in [0.1, 0.15) is 5.60 Å². The molecule has 0 heterocycles. The van der Waals surface area contributed by atoms with Crippen molar-refractivity contribution in [2.45, 2.75) is 174 Å². The highest BCUT2D eigenvalue weighted by Gasteiger charge is 2.57. The van der Waals surface area contributed by atoms with E-state index in [9.17, 15) is 27.7 Å². The van der Waals surface area contributed by atoms with Crippen LogP contribution >= 0.6 is 0 Å². The summed E-state index contributed by atoms with van der Waals surface area (Å²) in [4.78, 5) is 26.5. The van der Waals surface area contributed by atoms with Crippen molar-refractivity contribution in [3.63, 3.8) is 0 Å². The van der Waals surface area contributed by atoms with Gasteiger partial charge in [-0.15, -0.1) is 0 Å². The number of carboxylic acid groups (broad SMARTS) is 1. The van der Waals surface area contributed by atoms with Crippen LogP contribution in [0.15, 0.2) is 0 Å². The molecule has 0 aliphatic rings. The third kappa shape index (κ3) is 12.8. The minimum Gasteiger partial charge on any atom is -0.480 e. The number of hydrogen-bond donors (Lipinski definition) is 2. The lowest BCUT2D eigenvalue weighted by Gasteiger charge is -2.40. The molecule has 8 heteroatoms. The minimum absolute atomic E-state index is 0.0716. The monoisotopic (exact) mass is 562 g/mol. The second kappa shape index (κ2) is 19.8. The Bertz CT molecular complexity index is 728. The SMILES string of the molecule is CCCCCCCCC(CCCCCCCC)(C(=O)OC(CC)(CC)CCCCC)C(C(=O)O)S(=O)(=O)O. The molecule has 38 heavy (non-hydrogen) atoms. The van der Waals surface area contributed by atoms with E-state index in [1.807, 2.05) is 13.8 Å². The molecule has 0 rings (SSSR count). The van der Waals surface area contributed by atoms with E-state index in [4.69, 9.17) is 4.74 Å². The van der Waals surface area contributed by atoms with Crippen molar-refractivity contribution in [2.24, 2.45) is 5.41 Å². The fraction of sp³-hybridized carbons (Fsp3) is 0.933. The quantitative estimate of drug-likeness (QED) is 0.0650. The van der Waals surface area contributed by atoms with Crippen LogP contribution in [0.25, 0.3) is 0 Å². The van der Waals surface area contributed by atoms with Crippen LogP contribution in [0.2, 0.25) is 0 Å². The average Bonchev–Trinajstić information content (AvgIpc) is 2.86. The maximum absolute atomic E-state index is 14.1. The van der Waals surface area contributed by atoms with E-state index in [1.165, 1.54) is 0 Å². The largest absolute Gasteiger partial charge is 0.480 e. The van der Waals surface area contributed by atoms with Crippen molar-refractivity contribution in [1.82, 2.24) is 0 Å². The molecule has 7 nitrogen and oxygen atoms in total. The van der Waals surface area contributed by atoms with E-state index in [-0.39, 0.29) is 12.8 Å². The predicted octanol–water partition coefficient (Wildman–Crippen LogP) is 8.50. The highest BCUT2D eigenvalue weighted by molar-refractivity contribution is 7.87. The Morgan fingerprint density at radius 2 is 1.03 bits per heavy atom. The Balaban J connectivity index is 6.32. The third-order valence-corrected chi connectivity index (χ3v) is 9.47. The smallest absolute Gasteiger partial charge is 0.325 e. The highest BCUT2D eigenvalue weighted by atomic mass is 32.2. The molecule has 0 fully saturated rings. The standard InChI is InChI=1S/C30H58O7S/c1-6-11-14-16-18-21-24-30(25-22-19-17-15-12-7-2,26(27(31)32)38(34,35)36)28(33)37-29(9-4,10-5)23-20-13-8-3/h26H,6-25H2,1-5H3,(H,31,32)(H,34,35,36). The average molecular weight is 563 g/mol. The van der Waals surface area contributed by atoms with Gasteiger partial charge >= 0.3 is 11.9 Å². The van der Waals surface area contributed by atoms with E-state index in [0.29, 0.717) is 32.1 Å².